The third kappa shape index (κ3) is 3.49. The summed E-state index contributed by atoms with van der Waals surface area (Å²) in [6.45, 7) is 0.886. The number of carbonyl (C=O) groups excluding carboxylic acids is 1. The predicted molar refractivity (Wildman–Crippen MR) is 52.2 cm³/mol. The monoisotopic (exact) mass is 216 g/mol. The van der Waals surface area contributed by atoms with Gasteiger partial charge >= 0.3 is 5.97 Å². The van der Waals surface area contributed by atoms with E-state index in [4.69, 9.17) is 10.2 Å². The van der Waals surface area contributed by atoms with E-state index in [0.29, 0.717) is 6.54 Å². The van der Waals surface area contributed by atoms with Crippen molar-refractivity contribution in [1.82, 2.24) is 10.6 Å². The Labute approximate surface area is 87.7 Å². The molecular formula is C9H16N2O4. The fourth-order valence-electron chi connectivity index (χ4n) is 1.55. The van der Waals surface area contributed by atoms with Gasteiger partial charge in [-0.2, -0.15) is 0 Å². The lowest BCUT2D eigenvalue weighted by Gasteiger charge is -2.23. The number of aliphatic hydroxyl groups is 1. The Bertz CT molecular complexity index is 238. The molecule has 0 bridgehead atoms. The summed E-state index contributed by atoms with van der Waals surface area (Å²) in [6, 6.07) is -1.19. The number of piperidine rings is 1. The van der Waals surface area contributed by atoms with Crippen molar-refractivity contribution >= 4 is 11.9 Å². The van der Waals surface area contributed by atoms with Gasteiger partial charge in [-0.1, -0.05) is 0 Å². The largest absolute Gasteiger partial charge is 0.480 e. The minimum Gasteiger partial charge on any atom is -0.480 e. The van der Waals surface area contributed by atoms with Crippen LogP contribution in [0, 0.1) is 5.92 Å². The van der Waals surface area contributed by atoms with Crippen LogP contribution in [0.15, 0.2) is 0 Å². The zero-order valence-electron chi connectivity index (χ0n) is 8.40. The molecule has 6 nitrogen and oxygen atoms in total. The standard InChI is InChI=1S/C9H16N2O4/c12-5-7(9(14)15)11-8(13)6-2-1-3-10-4-6/h6-7,10,12H,1-5H2,(H,11,13)(H,14,15)/t6-,7?/m1/s1. The lowest BCUT2D eigenvalue weighted by Crippen LogP contribution is -2.48. The Morgan fingerprint density at radius 3 is 2.73 bits per heavy atom. The summed E-state index contributed by atoms with van der Waals surface area (Å²) in [7, 11) is 0. The van der Waals surface area contributed by atoms with E-state index in [0.717, 1.165) is 19.4 Å². The molecule has 2 atom stereocenters. The molecule has 0 aromatic carbocycles. The fourth-order valence-corrected chi connectivity index (χ4v) is 1.55. The van der Waals surface area contributed by atoms with Gasteiger partial charge in [-0.05, 0) is 19.4 Å². The SMILES string of the molecule is O=C(O)C(CO)NC(=O)[C@@H]1CCCNC1. The van der Waals surface area contributed by atoms with Crippen molar-refractivity contribution in [1.29, 1.82) is 0 Å². The van der Waals surface area contributed by atoms with Gasteiger partial charge < -0.3 is 20.8 Å². The van der Waals surface area contributed by atoms with Crippen LogP contribution in [0.4, 0.5) is 0 Å². The van der Waals surface area contributed by atoms with E-state index >= 15 is 0 Å². The van der Waals surface area contributed by atoms with Gasteiger partial charge in [-0.15, -0.1) is 0 Å². The maximum atomic E-state index is 11.5. The molecule has 1 aliphatic heterocycles. The number of carboxylic acids is 1. The highest BCUT2D eigenvalue weighted by molar-refractivity contribution is 5.85. The Balaban J connectivity index is 2.42. The maximum absolute atomic E-state index is 11.5. The summed E-state index contributed by atoms with van der Waals surface area (Å²) >= 11 is 0. The molecule has 1 aliphatic rings. The van der Waals surface area contributed by atoms with E-state index in [1.165, 1.54) is 0 Å². The fraction of sp³-hybridized carbons (Fsp3) is 0.778. The van der Waals surface area contributed by atoms with Crippen molar-refractivity contribution < 1.29 is 19.8 Å². The van der Waals surface area contributed by atoms with Crippen LogP contribution < -0.4 is 10.6 Å². The van der Waals surface area contributed by atoms with Crippen molar-refractivity contribution in [3.8, 4) is 0 Å². The van der Waals surface area contributed by atoms with E-state index in [1.54, 1.807) is 0 Å². The predicted octanol–water partition coefficient (Wildman–Crippen LogP) is -1.45. The minimum absolute atomic E-state index is 0.188. The summed E-state index contributed by atoms with van der Waals surface area (Å²) in [6.07, 6.45) is 1.67. The van der Waals surface area contributed by atoms with Gasteiger partial charge in [0.05, 0.1) is 12.5 Å². The molecule has 15 heavy (non-hydrogen) atoms. The molecule has 1 unspecified atom stereocenters. The van der Waals surface area contributed by atoms with E-state index < -0.39 is 18.6 Å². The zero-order valence-corrected chi connectivity index (χ0v) is 8.40. The van der Waals surface area contributed by atoms with Gasteiger partial charge in [0.2, 0.25) is 5.91 Å². The molecule has 0 radical (unpaired) electrons. The van der Waals surface area contributed by atoms with E-state index in [9.17, 15) is 9.59 Å². The van der Waals surface area contributed by atoms with Gasteiger partial charge in [0.1, 0.15) is 6.04 Å². The molecule has 1 saturated heterocycles. The normalized spacial score (nSPS) is 23.1. The lowest BCUT2D eigenvalue weighted by atomic mass is 9.98. The highest BCUT2D eigenvalue weighted by atomic mass is 16.4. The van der Waals surface area contributed by atoms with Crippen molar-refractivity contribution in [2.24, 2.45) is 5.92 Å². The number of carboxylic acid groups (broad SMARTS) is 1. The molecule has 86 valence electrons. The summed E-state index contributed by atoms with van der Waals surface area (Å²) in [5.41, 5.74) is 0. The van der Waals surface area contributed by atoms with Gasteiger partial charge in [0.25, 0.3) is 0 Å². The second-order valence-corrected chi connectivity index (χ2v) is 3.63. The number of aliphatic hydroxyl groups excluding tert-OH is 1. The smallest absolute Gasteiger partial charge is 0.328 e. The van der Waals surface area contributed by atoms with Crippen LogP contribution >= 0.6 is 0 Å². The Hall–Kier alpha value is -1.14. The molecule has 0 aromatic rings. The van der Waals surface area contributed by atoms with Crippen molar-refractivity contribution in [2.45, 2.75) is 18.9 Å². The molecule has 0 spiro atoms. The van der Waals surface area contributed by atoms with Crippen LogP contribution in [-0.2, 0) is 9.59 Å². The second-order valence-electron chi connectivity index (χ2n) is 3.63. The third-order valence-corrected chi connectivity index (χ3v) is 2.46. The van der Waals surface area contributed by atoms with Crippen LogP contribution in [-0.4, -0.2) is 47.8 Å². The van der Waals surface area contributed by atoms with Gasteiger partial charge in [0, 0.05) is 6.54 Å². The number of hydrogen-bond donors (Lipinski definition) is 4. The first-order chi connectivity index (χ1) is 7.15. The Morgan fingerprint density at radius 2 is 2.27 bits per heavy atom. The molecule has 1 fully saturated rings. The van der Waals surface area contributed by atoms with Gasteiger partial charge in [0.15, 0.2) is 0 Å². The molecule has 1 heterocycles. The molecule has 4 N–H and O–H groups in total. The van der Waals surface area contributed by atoms with Crippen LogP contribution in [0.3, 0.4) is 0 Å². The first-order valence-corrected chi connectivity index (χ1v) is 5.00. The summed E-state index contributed by atoms with van der Waals surface area (Å²) in [4.78, 5) is 22.1. The highest BCUT2D eigenvalue weighted by Gasteiger charge is 2.25. The maximum Gasteiger partial charge on any atom is 0.328 e. The number of nitrogens with one attached hydrogen (secondary N) is 2. The van der Waals surface area contributed by atoms with E-state index in [-0.39, 0.29) is 11.8 Å². The van der Waals surface area contributed by atoms with E-state index in [2.05, 4.69) is 10.6 Å². The lowest BCUT2D eigenvalue weighted by molar-refractivity contribution is -0.143. The minimum atomic E-state index is -1.21. The number of aliphatic carboxylic acids is 1. The third-order valence-electron chi connectivity index (χ3n) is 2.46. The first kappa shape index (κ1) is 11.9. The van der Waals surface area contributed by atoms with Crippen molar-refractivity contribution in [2.75, 3.05) is 19.7 Å². The van der Waals surface area contributed by atoms with E-state index in [1.807, 2.05) is 0 Å². The Morgan fingerprint density at radius 1 is 1.53 bits per heavy atom. The second kappa shape index (κ2) is 5.67. The van der Waals surface area contributed by atoms with Gasteiger partial charge in [-0.25, -0.2) is 4.79 Å². The number of hydrogen-bond acceptors (Lipinski definition) is 4. The summed E-state index contributed by atoms with van der Waals surface area (Å²) < 4.78 is 0. The van der Waals surface area contributed by atoms with Crippen LogP contribution in [0.1, 0.15) is 12.8 Å². The average Bonchev–Trinajstić information content (AvgIpc) is 2.26. The molecule has 0 aromatic heterocycles. The van der Waals surface area contributed by atoms with Crippen molar-refractivity contribution in [3.05, 3.63) is 0 Å². The number of rotatable bonds is 4. The molecule has 1 rings (SSSR count). The van der Waals surface area contributed by atoms with Crippen LogP contribution in [0.5, 0.6) is 0 Å². The first-order valence-electron chi connectivity index (χ1n) is 5.00. The molecule has 0 aliphatic carbocycles. The quantitative estimate of drug-likeness (QED) is 0.461. The molecular weight excluding hydrogens is 200 g/mol. The van der Waals surface area contributed by atoms with Crippen molar-refractivity contribution in [3.63, 3.8) is 0 Å². The average molecular weight is 216 g/mol. The summed E-state index contributed by atoms with van der Waals surface area (Å²) in [5, 5.41) is 22.7. The molecule has 1 amide bonds. The van der Waals surface area contributed by atoms with Crippen LogP contribution in [0.25, 0.3) is 0 Å². The zero-order chi connectivity index (χ0) is 11.3. The molecule has 0 saturated carbocycles. The number of amides is 1. The summed E-state index contributed by atoms with van der Waals surface area (Å²) in [5.74, 6) is -1.70. The van der Waals surface area contributed by atoms with Gasteiger partial charge in [-0.3, -0.25) is 4.79 Å². The Kier molecular flexibility index (Phi) is 4.51. The van der Waals surface area contributed by atoms with Crippen LogP contribution in [0.2, 0.25) is 0 Å². The molecule has 6 heteroatoms. The highest BCUT2D eigenvalue weighted by Crippen LogP contribution is 2.09. The number of carbonyl (C=O) groups is 2. The topological polar surface area (TPSA) is 98.7 Å².